The van der Waals surface area contributed by atoms with Gasteiger partial charge in [0, 0.05) is 34.3 Å². The van der Waals surface area contributed by atoms with Gasteiger partial charge < -0.3 is 20.3 Å². The number of rotatable bonds is 4. The van der Waals surface area contributed by atoms with Gasteiger partial charge in [-0.3, -0.25) is 9.59 Å². The molecule has 1 amide bonds. The molecule has 0 spiro atoms. The van der Waals surface area contributed by atoms with Crippen LogP contribution in [0.4, 0.5) is 0 Å². The first kappa shape index (κ1) is 19.6. The molecule has 2 aromatic heterocycles. The molecule has 10 heteroatoms. The zero-order valence-electron chi connectivity index (χ0n) is 13.9. The molecule has 24 heavy (non-hydrogen) atoms. The summed E-state index contributed by atoms with van der Waals surface area (Å²) in [6.45, 7) is 1.42. The van der Waals surface area contributed by atoms with Crippen LogP contribution in [0.3, 0.4) is 0 Å². The Morgan fingerprint density at radius 3 is 2.38 bits per heavy atom. The Morgan fingerprint density at radius 2 is 1.96 bits per heavy atom. The Hall–Kier alpha value is -2.46. The van der Waals surface area contributed by atoms with Crippen LogP contribution in [0.1, 0.15) is 23.1 Å². The maximum absolute atomic E-state index is 11.7. The van der Waals surface area contributed by atoms with Crippen molar-refractivity contribution in [1.82, 2.24) is 24.6 Å². The average Bonchev–Trinajstić information content (AvgIpc) is 2.87. The normalized spacial score (nSPS) is 9.88. The second-order valence-electron chi connectivity index (χ2n) is 4.87. The molecule has 0 aromatic carbocycles. The van der Waals surface area contributed by atoms with E-state index in [0.29, 0.717) is 23.1 Å². The Bertz CT molecular complexity index is 695. The lowest BCUT2D eigenvalue weighted by molar-refractivity contribution is -0.134. The Morgan fingerprint density at radius 1 is 1.33 bits per heavy atom. The predicted octanol–water partition coefficient (Wildman–Crippen LogP) is 0.613. The summed E-state index contributed by atoms with van der Waals surface area (Å²) < 4.78 is 1.82. The van der Waals surface area contributed by atoms with Crippen molar-refractivity contribution in [2.24, 2.45) is 12.8 Å². The second kappa shape index (κ2) is 8.99. The Balaban J connectivity index is 0.000000648. The first-order valence-corrected chi connectivity index (χ1v) is 7.71. The summed E-state index contributed by atoms with van der Waals surface area (Å²) in [7, 11) is 5.27. The van der Waals surface area contributed by atoms with E-state index in [4.69, 9.17) is 15.6 Å². The number of nitrogens with zero attached hydrogens (tertiary/aromatic N) is 5. The number of amides is 1. The summed E-state index contributed by atoms with van der Waals surface area (Å²) in [5, 5.41) is 16.9. The van der Waals surface area contributed by atoms with Gasteiger partial charge in [-0.1, -0.05) is 0 Å². The van der Waals surface area contributed by atoms with E-state index in [1.807, 2.05) is 11.6 Å². The maximum atomic E-state index is 11.7. The minimum atomic E-state index is -0.833. The highest BCUT2D eigenvalue weighted by Gasteiger charge is 2.11. The Labute approximate surface area is 143 Å². The molecule has 0 aliphatic carbocycles. The quantitative estimate of drug-likeness (QED) is 0.819. The monoisotopic (exact) mass is 352 g/mol. The van der Waals surface area contributed by atoms with Gasteiger partial charge >= 0.3 is 0 Å². The number of nitrogens with two attached hydrogens (primary N) is 1. The fraction of sp³-hybridized carbons (Fsp3) is 0.357. The zero-order chi connectivity index (χ0) is 18.3. The molecule has 0 aliphatic heterocycles. The van der Waals surface area contributed by atoms with Gasteiger partial charge in [0.25, 0.3) is 11.9 Å². The van der Waals surface area contributed by atoms with Crippen molar-refractivity contribution in [1.29, 1.82) is 0 Å². The van der Waals surface area contributed by atoms with Crippen LogP contribution in [-0.2, 0) is 18.4 Å². The zero-order valence-corrected chi connectivity index (χ0v) is 14.7. The molecule has 0 atom stereocenters. The van der Waals surface area contributed by atoms with Crippen LogP contribution in [0.15, 0.2) is 28.5 Å². The van der Waals surface area contributed by atoms with E-state index in [9.17, 15) is 4.79 Å². The van der Waals surface area contributed by atoms with Crippen LogP contribution in [0.2, 0.25) is 0 Å². The number of carbonyl (C=O) groups is 2. The fourth-order valence-corrected chi connectivity index (χ4v) is 2.28. The molecule has 0 aliphatic rings. The molecule has 0 saturated heterocycles. The lowest BCUT2D eigenvalue weighted by Crippen LogP contribution is -2.21. The number of carbonyl (C=O) groups excluding carboxylic acids is 1. The highest BCUT2D eigenvalue weighted by atomic mass is 32.2. The molecule has 0 saturated carbocycles. The maximum Gasteiger partial charge on any atom is 0.300 e. The van der Waals surface area contributed by atoms with E-state index >= 15 is 0 Å². The summed E-state index contributed by atoms with van der Waals surface area (Å²) in [6, 6.07) is 3.54. The largest absolute Gasteiger partial charge is 0.481 e. The van der Waals surface area contributed by atoms with Crippen molar-refractivity contribution >= 4 is 23.6 Å². The third-order valence-electron chi connectivity index (χ3n) is 2.69. The first-order chi connectivity index (χ1) is 11.3. The van der Waals surface area contributed by atoms with Crippen LogP contribution in [0, 0.1) is 0 Å². The molecule has 130 valence electrons. The average molecular weight is 352 g/mol. The highest BCUT2D eigenvalue weighted by Crippen LogP contribution is 2.24. The van der Waals surface area contributed by atoms with Crippen LogP contribution >= 0.6 is 11.8 Å². The molecule has 2 heterocycles. The smallest absolute Gasteiger partial charge is 0.300 e. The lowest BCUT2D eigenvalue weighted by Gasteiger charge is -2.09. The number of aromatic nitrogens is 4. The predicted molar refractivity (Wildman–Crippen MR) is 88.6 cm³/mol. The lowest BCUT2D eigenvalue weighted by atomic mass is 10.2. The van der Waals surface area contributed by atoms with Gasteiger partial charge in [0.2, 0.25) is 0 Å². The fourth-order valence-electron chi connectivity index (χ4n) is 1.53. The third kappa shape index (κ3) is 5.63. The van der Waals surface area contributed by atoms with Gasteiger partial charge in [-0.25, -0.2) is 4.98 Å². The number of carboxylic acids is 1. The van der Waals surface area contributed by atoms with Gasteiger partial charge in [-0.2, -0.15) is 0 Å². The Kier molecular flexibility index (Phi) is 7.33. The highest BCUT2D eigenvalue weighted by molar-refractivity contribution is 7.99. The van der Waals surface area contributed by atoms with Gasteiger partial charge in [0.05, 0.1) is 12.1 Å². The van der Waals surface area contributed by atoms with E-state index in [-0.39, 0.29) is 5.91 Å². The molecule has 0 unspecified atom stereocenters. The van der Waals surface area contributed by atoms with Crippen molar-refractivity contribution in [3.8, 4) is 0 Å². The topological polar surface area (TPSA) is 127 Å². The van der Waals surface area contributed by atoms with Crippen LogP contribution in [-0.4, -0.2) is 55.7 Å². The van der Waals surface area contributed by atoms with Gasteiger partial charge in [-0.05, 0) is 23.9 Å². The minimum Gasteiger partial charge on any atom is -0.481 e. The molecular formula is C14H20N6O3S. The van der Waals surface area contributed by atoms with Gasteiger partial charge in [0.15, 0.2) is 5.16 Å². The first-order valence-electron chi connectivity index (χ1n) is 6.89. The molecule has 0 radical (unpaired) electrons. The molecule has 2 aromatic rings. The second-order valence-corrected chi connectivity index (χ2v) is 5.86. The van der Waals surface area contributed by atoms with Crippen LogP contribution in [0.25, 0.3) is 0 Å². The number of hydrogen-bond acceptors (Lipinski definition) is 7. The van der Waals surface area contributed by atoms with E-state index in [1.54, 1.807) is 32.4 Å². The van der Waals surface area contributed by atoms with Crippen molar-refractivity contribution in [2.45, 2.75) is 23.7 Å². The van der Waals surface area contributed by atoms with E-state index < -0.39 is 5.97 Å². The molecular weight excluding hydrogens is 332 g/mol. The van der Waals surface area contributed by atoms with Crippen LogP contribution < -0.4 is 5.73 Å². The molecule has 0 fully saturated rings. The van der Waals surface area contributed by atoms with Gasteiger partial charge in [-0.15, -0.1) is 10.2 Å². The minimum absolute atomic E-state index is 0.0712. The van der Waals surface area contributed by atoms with E-state index in [1.165, 1.54) is 16.7 Å². The molecule has 3 N–H and O–H groups in total. The molecule has 2 rings (SSSR count). The van der Waals surface area contributed by atoms with Crippen molar-refractivity contribution in [3.63, 3.8) is 0 Å². The molecule has 0 bridgehead atoms. The van der Waals surface area contributed by atoms with Gasteiger partial charge in [0.1, 0.15) is 10.9 Å². The molecule has 9 nitrogen and oxygen atoms in total. The van der Waals surface area contributed by atoms with Crippen molar-refractivity contribution in [3.05, 3.63) is 29.7 Å². The summed E-state index contributed by atoms with van der Waals surface area (Å²) in [5.74, 6) is -0.190. The summed E-state index contributed by atoms with van der Waals surface area (Å²) >= 11 is 1.38. The SMILES string of the molecule is CC(=O)O.CN(C)C(=O)c1ccc(Sc2nnc(CN)n2C)nc1. The summed E-state index contributed by atoms with van der Waals surface area (Å²) in [6.07, 6.45) is 1.56. The van der Waals surface area contributed by atoms with Crippen LogP contribution in [0.5, 0.6) is 0 Å². The summed E-state index contributed by atoms with van der Waals surface area (Å²) in [5.41, 5.74) is 6.10. The van der Waals surface area contributed by atoms with E-state index in [2.05, 4.69) is 15.2 Å². The summed E-state index contributed by atoms with van der Waals surface area (Å²) in [4.78, 5) is 26.5. The van der Waals surface area contributed by atoms with Crippen molar-refractivity contribution in [2.75, 3.05) is 14.1 Å². The number of pyridine rings is 1. The third-order valence-corrected chi connectivity index (χ3v) is 3.68. The number of hydrogen-bond donors (Lipinski definition) is 2. The van der Waals surface area contributed by atoms with Crippen molar-refractivity contribution < 1.29 is 14.7 Å². The number of aliphatic carboxylic acids is 1. The standard InChI is InChI=1S/C12H16N6OS.C2H4O2/c1-17(2)11(19)8-4-5-10(14-7-8)20-12-16-15-9(6-13)18(12)3;1-2(3)4/h4-5,7H,6,13H2,1-3H3;1H3,(H,3,4). The van der Waals surface area contributed by atoms with E-state index in [0.717, 1.165) is 11.9 Å². The number of carboxylic acid groups (broad SMARTS) is 1.